The van der Waals surface area contributed by atoms with E-state index in [9.17, 15) is 18.0 Å². The molecule has 1 amide bonds. The SMILES string of the molecule is CCN(C(=O)COC(=O)c1cc(-c2cccs2)nn1-c1ccccc1)[C@H]1CCS(=O)(=O)C1. The fraction of sp³-hybridized carbons (Fsp3) is 0.318. The van der Waals surface area contributed by atoms with Crippen molar-refractivity contribution in [1.82, 2.24) is 14.7 Å². The monoisotopic (exact) mass is 473 g/mol. The minimum Gasteiger partial charge on any atom is -0.451 e. The summed E-state index contributed by atoms with van der Waals surface area (Å²) in [5, 5.41) is 6.49. The van der Waals surface area contributed by atoms with Crippen LogP contribution in [0.15, 0.2) is 53.9 Å². The number of likely N-dealkylation sites (N-methyl/N-ethyl adjacent to an activating group) is 1. The molecule has 1 fully saturated rings. The van der Waals surface area contributed by atoms with Crippen LogP contribution >= 0.6 is 11.3 Å². The van der Waals surface area contributed by atoms with Crippen LogP contribution in [0.5, 0.6) is 0 Å². The molecule has 2 aromatic heterocycles. The molecule has 0 spiro atoms. The Balaban J connectivity index is 1.52. The lowest BCUT2D eigenvalue weighted by Gasteiger charge is -2.26. The van der Waals surface area contributed by atoms with Gasteiger partial charge in [-0.3, -0.25) is 4.79 Å². The maximum absolute atomic E-state index is 12.9. The summed E-state index contributed by atoms with van der Waals surface area (Å²) in [6, 6.07) is 14.3. The van der Waals surface area contributed by atoms with E-state index in [2.05, 4.69) is 5.10 Å². The lowest BCUT2D eigenvalue weighted by molar-refractivity contribution is -0.136. The Hall–Kier alpha value is -2.98. The molecular weight excluding hydrogens is 450 g/mol. The average Bonchev–Trinajstić information content (AvgIpc) is 3.53. The van der Waals surface area contributed by atoms with Crippen molar-refractivity contribution in [3.8, 4) is 16.3 Å². The molecule has 1 aliphatic heterocycles. The first-order chi connectivity index (χ1) is 15.4. The molecule has 168 valence electrons. The van der Waals surface area contributed by atoms with Crippen LogP contribution in [-0.2, 0) is 19.4 Å². The highest BCUT2D eigenvalue weighted by molar-refractivity contribution is 7.91. The first-order valence-corrected chi connectivity index (χ1v) is 12.9. The van der Waals surface area contributed by atoms with E-state index in [1.165, 1.54) is 20.9 Å². The number of ether oxygens (including phenoxy) is 1. The van der Waals surface area contributed by atoms with E-state index in [-0.39, 0.29) is 23.2 Å². The van der Waals surface area contributed by atoms with Crippen LogP contribution in [-0.4, -0.2) is 65.7 Å². The van der Waals surface area contributed by atoms with Gasteiger partial charge in [0.1, 0.15) is 5.69 Å². The van der Waals surface area contributed by atoms with Gasteiger partial charge in [0.05, 0.1) is 22.1 Å². The largest absolute Gasteiger partial charge is 0.451 e. The second kappa shape index (κ2) is 9.25. The Morgan fingerprint density at radius 2 is 2.00 bits per heavy atom. The van der Waals surface area contributed by atoms with E-state index in [1.54, 1.807) is 13.0 Å². The molecule has 1 atom stereocenters. The van der Waals surface area contributed by atoms with Gasteiger partial charge in [0.15, 0.2) is 22.1 Å². The maximum Gasteiger partial charge on any atom is 0.357 e. The quantitative estimate of drug-likeness (QED) is 0.490. The fourth-order valence-corrected chi connectivity index (χ4v) is 6.19. The van der Waals surface area contributed by atoms with Gasteiger partial charge in [-0.15, -0.1) is 11.3 Å². The second-order valence-corrected chi connectivity index (χ2v) is 10.6. The predicted molar refractivity (Wildman–Crippen MR) is 122 cm³/mol. The van der Waals surface area contributed by atoms with Crippen molar-refractivity contribution < 1.29 is 22.7 Å². The second-order valence-electron chi connectivity index (χ2n) is 7.45. The number of para-hydroxylation sites is 1. The number of rotatable bonds is 7. The van der Waals surface area contributed by atoms with Crippen LogP contribution in [0.3, 0.4) is 0 Å². The molecule has 1 aliphatic rings. The van der Waals surface area contributed by atoms with E-state index in [0.29, 0.717) is 24.3 Å². The third kappa shape index (κ3) is 4.76. The molecule has 10 heteroatoms. The Morgan fingerprint density at radius 1 is 1.22 bits per heavy atom. The highest BCUT2D eigenvalue weighted by Gasteiger charge is 2.34. The summed E-state index contributed by atoms with van der Waals surface area (Å²) in [5.74, 6) is -1.06. The number of esters is 1. The van der Waals surface area contributed by atoms with Gasteiger partial charge in [-0.25, -0.2) is 17.9 Å². The highest BCUT2D eigenvalue weighted by Crippen LogP contribution is 2.26. The van der Waals surface area contributed by atoms with Gasteiger partial charge in [-0.1, -0.05) is 24.3 Å². The van der Waals surface area contributed by atoms with E-state index < -0.39 is 28.3 Å². The zero-order valence-electron chi connectivity index (χ0n) is 17.5. The molecule has 0 bridgehead atoms. The van der Waals surface area contributed by atoms with Crippen molar-refractivity contribution in [1.29, 1.82) is 0 Å². The first kappa shape index (κ1) is 22.2. The Kier molecular flexibility index (Phi) is 6.43. The van der Waals surface area contributed by atoms with Crippen LogP contribution in [0, 0.1) is 0 Å². The molecular formula is C22H23N3O5S2. The number of nitrogens with zero attached hydrogens (tertiary/aromatic N) is 3. The number of carbonyl (C=O) groups is 2. The van der Waals surface area contributed by atoms with E-state index in [4.69, 9.17) is 4.74 Å². The molecule has 32 heavy (non-hydrogen) atoms. The number of sulfone groups is 1. The molecule has 4 rings (SSSR count). The summed E-state index contributed by atoms with van der Waals surface area (Å²) in [6.07, 6.45) is 0.404. The summed E-state index contributed by atoms with van der Waals surface area (Å²) in [7, 11) is -3.13. The van der Waals surface area contributed by atoms with Crippen molar-refractivity contribution in [3.05, 3.63) is 59.6 Å². The lowest BCUT2D eigenvalue weighted by atomic mass is 10.2. The summed E-state index contributed by atoms with van der Waals surface area (Å²) >= 11 is 1.51. The van der Waals surface area contributed by atoms with Crippen LogP contribution < -0.4 is 0 Å². The summed E-state index contributed by atoms with van der Waals surface area (Å²) in [5.41, 5.74) is 1.53. The normalized spacial score (nSPS) is 17.2. The van der Waals surface area contributed by atoms with Crippen molar-refractivity contribution in [2.45, 2.75) is 19.4 Å². The molecule has 0 aliphatic carbocycles. The van der Waals surface area contributed by atoms with Crippen LogP contribution in [0.1, 0.15) is 23.8 Å². The molecule has 0 saturated carbocycles. The number of thiophene rings is 1. The number of hydrogen-bond donors (Lipinski definition) is 0. The van der Waals surface area contributed by atoms with Crippen molar-refractivity contribution in [3.63, 3.8) is 0 Å². The smallest absolute Gasteiger partial charge is 0.357 e. The number of carbonyl (C=O) groups excluding carboxylic acids is 2. The van der Waals surface area contributed by atoms with Crippen molar-refractivity contribution in [2.24, 2.45) is 0 Å². The zero-order chi connectivity index (χ0) is 22.7. The fourth-order valence-electron chi connectivity index (χ4n) is 3.78. The molecule has 3 heterocycles. The molecule has 8 nitrogen and oxygen atoms in total. The van der Waals surface area contributed by atoms with Crippen LogP contribution in [0.2, 0.25) is 0 Å². The number of benzene rings is 1. The van der Waals surface area contributed by atoms with Gasteiger partial charge >= 0.3 is 5.97 Å². The van der Waals surface area contributed by atoms with E-state index in [0.717, 1.165) is 4.88 Å². The highest BCUT2D eigenvalue weighted by atomic mass is 32.2. The first-order valence-electron chi connectivity index (χ1n) is 10.2. The van der Waals surface area contributed by atoms with Crippen LogP contribution in [0.25, 0.3) is 16.3 Å². The Labute approximate surface area is 190 Å². The Bertz CT molecular complexity index is 1200. The minimum atomic E-state index is -3.13. The third-order valence-corrected chi connectivity index (χ3v) is 7.97. The molecule has 0 unspecified atom stereocenters. The third-order valence-electron chi connectivity index (χ3n) is 5.33. The standard InChI is InChI=1S/C22H23N3O5S2/c1-2-24(17-10-12-32(28,29)15-17)21(26)14-30-22(27)19-13-18(20-9-6-11-31-20)23-25(19)16-7-4-3-5-8-16/h3-9,11,13,17H,2,10,12,14-15H2,1H3/t17-/m0/s1. The van der Waals surface area contributed by atoms with E-state index in [1.807, 2.05) is 47.8 Å². The summed E-state index contributed by atoms with van der Waals surface area (Å²) in [6.45, 7) is 1.67. The van der Waals surface area contributed by atoms with Crippen molar-refractivity contribution >= 4 is 33.1 Å². The number of aromatic nitrogens is 2. The van der Waals surface area contributed by atoms with Gasteiger partial charge in [0.25, 0.3) is 5.91 Å². The molecule has 0 N–H and O–H groups in total. The van der Waals surface area contributed by atoms with Crippen LogP contribution in [0.4, 0.5) is 0 Å². The molecule has 1 aromatic carbocycles. The number of amides is 1. The number of hydrogen-bond acceptors (Lipinski definition) is 7. The van der Waals surface area contributed by atoms with Gasteiger partial charge in [0, 0.05) is 18.7 Å². The maximum atomic E-state index is 12.9. The predicted octanol–water partition coefficient (Wildman–Crippen LogP) is 2.79. The topological polar surface area (TPSA) is 98.6 Å². The zero-order valence-corrected chi connectivity index (χ0v) is 19.1. The Morgan fingerprint density at radius 3 is 2.62 bits per heavy atom. The molecule has 3 aromatic rings. The van der Waals surface area contributed by atoms with Gasteiger partial charge < -0.3 is 9.64 Å². The molecule has 1 saturated heterocycles. The van der Waals surface area contributed by atoms with Crippen molar-refractivity contribution in [2.75, 3.05) is 24.7 Å². The van der Waals surface area contributed by atoms with Gasteiger partial charge in [-0.05, 0) is 36.9 Å². The summed E-state index contributed by atoms with van der Waals surface area (Å²) in [4.78, 5) is 28.0. The minimum absolute atomic E-state index is 0.0501. The van der Waals surface area contributed by atoms with Gasteiger partial charge in [0.2, 0.25) is 0 Å². The molecule has 0 radical (unpaired) electrons. The average molecular weight is 474 g/mol. The van der Waals surface area contributed by atoms with E-state index >= 15 is 0 Å². The lowest BCUT2D eigenvalue weighted by Crippen LogP contribution is -2.43. The van der Waals surface area contributed by atoms with Gasteiger partial charge in [-0.2, -0.15) is 5.10 Å². The summed E-state index contributed by atoms with van der Waals surface area (Å²) < 4.78 is 30.4.